The summed E-state index contributed by atoms with van der Waals surface area (Å²) >= 11 is 0. The largest absolute Gasteiger partial charge is 0.466 e. The summed E-state index contributed by atoms with van der Waals surface area (Å²) in [5, 5.41) is 0. The zero-order valence-corrected chi connectivity index (χ0v) is 12.1. The fourth-order valence-corrected chi connectivity index (χ4v) is 1.24. The average Bonchev–Trinajstić information content (AvgIpc) is 2.47. The summed E-state index contributed by atoms with van der Waals surface area (Å²) in [4.78, 5) is 21.5. The topological polar surface area (TPSA) is 52.6 Å². The van der Waals surface area contributed by atoms with Crippen LogP contribution >= 0.6 is 0 Å². The lowest BCUT2D eigenvalue weighted by molar-refractivity contribution is -0.135. The van der Waals surface area contributed by atoms with Gasteiger partial charge in [-0.15, -0.1) is 0 Å². The van der Waals surface area contributed by atoms with Crippen LogP contribution in [0.1, 0.15) is 25.7 Å². The second-order valence-electron chi connectivity index (χ2n) is 3.84. The molecular weight excluding hydrogens is 256 g/mol. The molecule has 0 spiro atoms. The molecule has 0 unspecified atom stereocenters. The molecule has 4 heteroatoms. The predicted octanol–water partition coefficient (Wildman–Crippen LogP) is 3.12. The van der Waals surface area contributed by atoms with Crippen molar-refractivity contribution in [3.05, 3.63) is 48.6 Å². The zero-order chi connectivity index (χ0) is 15.1. The Labute approximate surface area is 120 Å². The number of hydrogen-bond donors (Lipinski definition) is 0. The first kappa shape index (κ1) is 17.9. The Bertz CT molecular complexity index is 351. The SMILES string of the molecule is COC(=O)C=CCC=CCCC=CCC=CC(=O)OC. The van der Waals surface area contributed by atoms with Crippen LogP contribution in [0.15, 0.2) is 48.6 Å². The van der Waals surface area contributed by atoms with E-state index in [1.807, 2.05) is 12.2 Å². The number of esters is 2. The average molecular weight is 278 g/mol. The van der Waals surface area contributed by atoms with E-state index in [1.54, 1.807) is 12.2 Å². The minimum Gasteiger partial charge on any atom is -0.466 e. The van der Waals surface area contributed by atoms with Gasteiger partial charge in [0, 0.05) is 12.2 Å². The number of carbonyl (C=O) groups is 2. The van der Waals surface area contributed by atoms with Crippen LogP contribution < -0.4 is 0 Å². The maximum absolute atomic E-state index is 10.8. The lowest BCUT2D eigenvalue weighted by atomic mass is 10.2. The lowest BCUT2D eigenvalue weighted by Gasteiger charge is -1.89. The van der Waals surface area contributed by atoms with Crippen LogP contribution in [0.3, 0.4) is 0 Å². The summed E-state index contributed by atoms with van der Waals surface area (Å²) in [5.41, 5.74) is 0. The Kier molecular flexibility index (Phi) is 11.9. The van der Waals surface area contributed by atoms with Gasteiger partial charge in [-0.05, 0) is 25.7 Å². The fraction of sp³-hybridized carbons (Fsp3) is 0.375. The molecule has 0 radical (unpaired) electrons. The normalized spacial score (nSPS) is 11.9. The summed E-state index contributed by atoms with van der Waals surface area (Å²) < 4.78 is 8.94. The van der Waals surface area contributed by atoms with E-state index in [0.717, 1.165) is 25.7 Å². The standard InChI is InChI=1S/C16H22O4/c1-19-15(17)13-11-9-7-5-3-4-6-8-10-12-14-16(18)20-2/h5-8,11-14H,3-4,9-10H2,1-2H3. The van der Waals surface area contributed by atoms with Crippen LogP contribution in [0, 0.1) is 0 Å². The first-order valence-electron chi connectivity index (χ1n) is 6.49. The smallest absolute Gasteiger partial charge is 0.330 e. The van der Waals surface area contributed by atoms with Crippen molar-refractivity contribution in [2.75, 3.05) is 14.2 Å². The second kappa shape index (κ2) is 13.3. The minimum atomic E-state index is -0.332. The molecule has 0 aliphatic rings. The summed E-state index contributed by atoms with van der Waals surface area (Å²) in [7, 11) is 2.71. The number of methoxy groups -OCH3 is 2. The molecule has 0 aromatic heterocycles. The van der Waals surface area contributed by atoms with Crippen molar-refractivity contribution in [1.29, 1.82) is 0 Å². The molecule has 0 aliphatic heterocycles. The molecule has 0 rings (SSSR count). The Hall–Kier alpha value is -2.10. The highest BCUT2D eigenvalue weighted by molar-refractivity contribution is 5.82. The van der Waals surface area contributed by atoms with E-state index >= 15 is 0 Å². The molecule has 0 heterocycles. The predicted molar refractivity (Wildman–Crippen MR) is 79.1 cm³/mol. The van der Waals surface area contributed by atoms with Gasteiger partial charge in [0.15, 0.2) is 0 Å². The van der Waals surface area contributed by atoms with Crippen LogP contribution in [0.25, 0.3) is 0 Å². The molecule has 0 aliphatic carbocycles. The van der Waals surface area contributed by atoms with E-state index < -0.39 is 0 Å². The van der Waals surface area contributed by atoms with E-state index in [4.69, 9.17) is 0 Å². The number of unbranched alkanes of at least 4 members (excludes halogenated alkanes) is 1. The van der Waals surface area contributed by atoms with Gasteiger partial charge in [0.25, 0.3) is 0 Å². The fourth-order valence-electron chi connectivity index (χ4n) is 1.24. The van der Waals surface area contributed by atoms with E-state index in [-0.39, 0.29) is 11.9 Å². The van der Waals surface area contributed by atoms with Gasteiger partial charge in [-0.3, -0.25) is 0 Å². The van der Waals surface area contributed by atoms with Crippen LogP contribution in [0.4, 0.5) is 0 Å². The molecule has 20 heavy (non-hydrogen) atoms. The van der Waals surface area contributed by atoms with Gasteiger partial charge in [-0.2, -0.15) is 0 Å². The van der Waals surface area contributed by atoms with Gasteiger partial charge in [-0.25, -0.2) is 9.59 Å². The number of rotatable bonds is 9. The van der Waals surface area contributed by atoms with Crippen molar-refractivity contribution in [3.63, 3.8) is 0 Å². The van der Waals surface area contributed by atoms with Gasteiger partial charge in [0.05, 0.1) is 14.2 Å². The van der Waals surface area contributed by atoms with Gasteiger partial charge < -0.3 is 9.47 Å². The summed E-state index contributed by atoms with van der Waals surface area (Å²) in [6, 6.07) is 0. The van der Waals surface area contributed by atoms with Crippen molar-refractivity contribution in [2.24, 2.45) is 0 Å². The number of hydrogen-bond acceptors (Lipinski definition) is 4. The van der Waals surface area contributed by atoms with Crippen molar-refractivity contribution in [2.45, 2.75) is 25.7 Å². The molecule has 0 amide bonds. The van der Waals surface area contributed by atoms with Crippen LogP contribution in [0.5, 0.6) is 0 Å². The molecule has 0 saturated heterocycles. The summed E-state index contributed by atoms with van der Waals surface area (Å²) in [6.07, 6.45) is 17.8. The highest BCUT2D eigenvalue weighted by Gasteiger charge is 1.88. The molecule has 4 nitrogen and oxygen atoms in total. The third-order valence-electron chi connectivity index (χ3n) is 2.29. The Morgan fingerprint density at radius 3 is 1.45 bits per heavy atom. The number of allylic oxidation sites excluding steroid dienone is 6. The van der Waals surface area contributed by atoms with Gasteiger partial charge >= 0.3 is 11.9 Å². The lowest BCUT2D eigenvalue weighted by Crippen LogP contribution is -1.92. The molecule has 0 N–H and O–H groups in total. The van der Waals surface area contributed by atoms with Crippen LogP contribution in [0.2, 0.25) is 0 Å². The molecular formula is C16H22O4. The van der Waals surface area contributed by atoms with Crippen LogP contribution in [-0.4, -0.2) is 26.2 Å². The van der Waals surface area contributed by atoms with Crippen molar-refractivity contribution >= 4 is 11.9 Å². The van der Waals surface area contributed by atoms with Gasteiger partial charge in [0.1, 0.15) is 0 Å². The number of carbonyl (C=O) groups excluding carboxylic acids is 2. The third-order valence-corrected chi connectivity index (χ3v) is 2.29. The zero-order valence-electron chi connectivity index (χ0n) is 12.1. The van der Waals surface area contributed by atoms with E-state index in [9.17, 15) is 9.59 Å². The molecule has 0 fully saturated rings. The maximum Gasteiger partial charge on any atom is 0.330 e. The van der Waals surface area contributed by atoms with E-state index in [0.29, 0.717) is 0 Å². The monoisotopic (exact) mass is 278 g/mol. The molecule has 0 bridgehead atoms. The second-order valence-corrected chi connectivity index (χ2v) is 3.84. The molecule has 0 saturated carbocycles. The van der Waals surface area contributed by atoms with Gasteiger partial charge in [0.2, 0.25) is 0 Å². The minimum absolute atomic E-state index is 0.332. The highest BCUT2D eigenvalue weighted by Crippen LogP contribution is 1.97. The molecule has 0 aromatic rings. The van der Waals surface area contributed by atoms with Crippen molar-refractivity contribution < 1.29 is 19.1 Å². The van der Waals surface area contributed by atoms with Crippen molar-refractivity contribution in [1.82, 2.24) is 0 Å². The first-order chi connectivity index (χ1) is 9.70. The van der Waals surface area contributed by atoms with E-state index in [1.165, 1.54) is 26.4 Å². The maximum atomic E-state index is 10.8. The molecule has 110 valence electrons. The third kappa shape index (κ3) is 12.4. The first-order valence-corrected chi connectivity index (χ1v) is 6.49. The Morgan fingerprint density at radius 2 is 1.10 bits per heavy atom. The quantitative estimate of drug-likeness (QED) is 0.281. The Morgan fingerprint density at radius 1 is 0.700 bits per heavy atom. The summed E-state index contributed by atoms with van der Waals surface area (Å²) in [5.74, 6) is -0.664. The highest BCUT2D eigenvalue weighted by atomic mass is 16.5. The van der Waals surface area contributed by atoms with Crippen molar-refractivity contribution in [3.8, 4) is 0 Å². The summed E-state index contributed by atoms with van der Waals surface area (Å²) in [6.45, 7) is 0. The van der Waals surface area contributed by atoms with Gasteiger partial charge in [-0.1, -0.05) is 36.5 Å². The van der Waals surface area contributed by atoms with Crippen LogP contribution in [-0.2, 0) is 19.1 Å². The molecule has 0 atom stereocenters. The van der Waals surface area contributed by atoms with E-state index in [2.05, 4.69) is 21.6 Å². The Balaban J connectivity index is 3.56. The molecule has 0 aromatic carbocycles. The number of ether oxygens (including phenoxy) is 2.